The predicted molar refractivity (Wildman–Crippen MR) is 195 cm³/mol. The number of ether oxygens (including phenoxy) is 2. The van der Waals surface area contributed by atoms with Gasteiger partial charge in [0.1, 0.15) is 19.0 Å². The highest BCUT2D eigenvalue weighted by Crippen LogP contribution is 2.75. The molecule has 12 atom stereocenters. The molecule has 0 aromatic carbocycles. The number of hydrogen-bond donors (Lipinski definition) is 2. The van der Waals surface area contributed by atoms with Crippen LogP contribution in [0.1, 0.15) is 114 Å². The van der Waals surface area contributed by atoms with Crippen molar-refractivity contribution in [1.29, 1.82) is 0 Å². The van der Waals surface area contributed by atoms with Gasteiger partial charge in [0.2, 0.25) is 0 Å². The molecule has 3 saturated carbocycles. The van der Waals surface area contributed by atoms with E-state index in [9.17, 15) is 9.90 Å². The summed E-state index contributed by atoms with van der Waals surface area (Å²) in [5.74, 6) is 1.12. The maximum Gasteiger partial charge on any atom is 0.307 e. The van der Waals surface area contributed by atoms with E-state index >= 15 is 0 Å². The lowest BCUT2D eigenvalue weighted by Gasteiger charge is -2.71. The van der Waals surface area contributed by atoms with E-state index in [1.165, 1.54) is 11.9 Å². The van der Waals surface area contributed by atoms with E-state index in [0.29, 0.717) is 43.5 Å². The zero-order valence-electron chi connectivity index (χ0n) is 32.7. The first-order chi connectivity index (χ1) is 23.9. The second-order valence-corrected chi connectivity index (χ2v) is 19.4. The Morgan fingerprint density at radius 1 is 1.08 bits per heavy atom. The van der Waals surface area contributed by atoms with E-state index in [2.05, 4.69) is 90.4 Å². The fourth-order valence-electron chi connectivity index (χ4n) is 12.5. The second-order valence-electron chi connectivity index (χ2n) is 19.4. The number of aliphatic carboxylic acids is 1. The van der Waals surface area contributed by atoms with Gasteiger partial charge >= 0.3 is 5.97 Å². The van der Waals surface area contributed by atoms with Gasteiger partial charge in [0.15, 0.2) is 0 Å². The Morgan fingerprint density at radius 2 is 1.82 bits per heavy atom. The molecule has 0 radical (unpaired) electrons. The van der Waals surface area contributed by atoms with Crippen molar-refractivity contribution in [2.24, 2.45) is 68.3 Å². The molecule has 7 rings (SSSR count). The molecule has 282 valence electrons. The van der Waals surface area contributed by atoms with Gasteiger partial charge in [-0.3, -0.25) is 4.79 Å². The third kappa shape index (κ3) is 5.09. The molecule has 51 heavy (non-hydrogen) atoms. The minimum atomic E-state index is -0.631. The molecule has 1 saturated heterocycles. The Morgan fingerprint density at radius 3 is 2.47 bits per heavy atom. The highest BCUT2D eigenvalue weighted by Gasteiger charge is 2.72. The number of allylic oxidation sites excluding steroid dienone is 1. The third-order valence-electron chi connectivity index (χ3n) is 16.5. The fraction of sp³-hybridized carbons (Fsp3) is 0.825. The van der Waals surface area contributed by atoms with E-state index < -0.39 is 17.4 Å². The number of nitrogens with two attached hydrogens (primary N) is 1. The van der Waals surface area contributed by atoms with Gasteiger partial charge in [-0.15, -0.1) is 0 Å². The molecule has 4 aliphatic carbocycles. The number of fused-ring (bicyclic) bond motifs is 3. The standard InChI is InChI=1S/C40H63N7O4/c1-24(2)26(5)35(6)15-16-37(8)27-11-12-30-36(7)18-50-20-40(30,28(27)13-14-38(37,9)31(35)33(48)49)17-29(32(36)51-19-39(10,41)25(3)4)47-34(43-22-45-47)46-23-42-21-44-46/h13,21-27,29-32H,11-12,14-20,41H2,1-10H3,(H,48,49)/t26-,27+,29-,30+,31-,32+,35-,36+,37-,38+,39+,40+/m1/s1. The highest BCUT2D eigenvalue weighted by molar-refractivity contribution is 5.73. The van der Waals surface area contributed by atoms with Gasteiger partial charge in [-0.2, -0.15) is 19.9 Å². The Labute approximate surface area is 304 Å². The van der Waals surface area contributed by atoms with Crippen molar-refractivity contribution >= 4 is 5.97 Å². The summed E-state index contributed by atoms with van der Waals surface area (Å²) in [4.78, 5) is 22.4. The monoisotopic (exact) mass is 705 g/mol. The number of carboxylic acids is 1. The molecule has 0 spiro atoms. The number of nitrogens with zero attached hydrogens (tertiary/aromatic N) is 6. The van der Waals surface area contributed by atoms with Crippen LogP contribution in [0.5, 0.6) is 0 Å². The van der Waals surface area contributed by atoms with Gasteiger partial charge in [-0.1, -0.05) is 74.0 Å². The quantitative estimate of drug-likeness (QED) is 0.271. The Bertz CT molecular complexity index is 1650. The lowest BCUT2D eigenvalue weighted by molar-refractivity contribution is -0.252. The summed E-state index contributed by atoms with van der Waals surface area (Å²) < 4.78 is 17.5. The van der Waals surface area contributed by atoms with E-state index in [1.54, 1.807) is 17.3 Å². The molecule has 11 heteroatoms. The zero-order valence-corrected chi connectivity index (χ0v) is 32.7. The molecule has 2 aromatic rings. The van der Waals surface area contributed by atoms with E-state index in [4.69, 9.17) is 20.3 Å². The molecule has 2 bridgehead atoms. The van der Waals surface area contributed by atoms with Crippen LogP contribution in [0, 0.1) is 62.6 Å². The van der Waals surface area contributed by atoms with Gasteiger partial charge in [0, 0.05) is 16.4 Å². The minimum Gasteiger partial charge on any atom is -0.481 e. The van der Waals surface area contributed by atoms with E-state index in [1.807, 2.05) is 4.68 Å². The average Bonchev–Trinajstić information content (AvgIpc) is 3.76. The first-order valence-corrected chi connectivity index (χ1v) is 19.5. The average molecular weight is 706 g/mol. The van der Waals surface area contributed by atoms with Gasteiger partial charge in [-0.25, -0.2) is 9.67 Å². The van der Waals surface area contributed by atoms with Crippen molar-refractivity contribution in [3.8, 4) is 5.95 Å². The predicted octanol–water partition coefficient (Wildman–Crippen LogP) is 6.75. The Kier molecular flexibility index (Phi) is 8.78. The summed E-state index contributed by atoms with van der Waals surface area (Å²) >= 11 is 0. The van der Waals surface area contributed by atoms with Crippen molar-refractivity contribution in [3.63, 3.8) is 0 Å². The molecule has 1 aliphatic heterocycles. The molecular weight excluding hydrogens is 642 g/mol. The molecule has 0 unspecified atom stereocenters. The summed E-state index contributed by atoms with van der Waals surface area (Å²) in [5.41, 5.74) is 6.45. The molecule has 0 amide bonds. The van der Waals surface area contributed by atoms with Gasteiger partial charge in [-0.05, 0) is 91.3 Å². The fourth-order valence-corrected chi connectivity index (χ4v) is 12.5. The van der Waals surface area contributed by atoms with Crippen molar-refractivity contribution < 1.29 is 19.4 Å². The molecule has 3 N–H and O–H groups in total. The number of rotatable bonds is 9. The zero-order chi connectivity index (χ0) is 36.9. The van der Waals surface area contributed by atoms with Crippen LogP contribution in [0.3, 0.4) is 0 Å². The maximum atomic E-state index is 13.5. The van der Waals surface area contributed by atoms with Gasteiger partial charge < -0.3 is 20.3 Å². The minimum absolute atomic E-state index is 0.158. The summed E-state index contributed by atoms with van der Waals surface area (Å²) in [5, 5.41) is 20.4. The topological polar surface area (TPSA) is 143 Å². The van der Waals surface area contributed by atoms with Crippen LogP contribution in [-0.2, 0) is 14.3 Å². The number of aromatic nitrogens is 6. The maximum absolute atomic E-state index is 13.5. The summed E-state index contributed by atoms with van der Waals surface area (Å²) in [6.45, 7) is 24.2. The van der Waals surface area contributed by atoms with Crippen molar-refractivity contribution in [1.82, 2.24) is 29.5 Å². The highest BCUT2D eigenvalue weighted by atomic mass is 16.5. The van der Waals surface area contributed by atoms with Crippen LogP contribution < -0.4 is 5.73 Å². The van der Waals surface area contributed by atoms with Gasteiger partial charge in [0.25, 0.3) is 5.95 Å². The van der Waals surface area contributed by atoms with Crippen LogP contribution >= 0.6 is 0 Å². The molecule has 11 nitrogen and oxygen atoms in total. The van der Waals surface area contributed by atoms with E-state index in [-0.39, 0.29) is 51.1 Å². The SMILES string of the molecule is CC(C)[C@@H](C)[C@@]1(C)CC[C@]2(C)[C@H]3CC[C@@H]4[C@@]5(COC[C@]4(C)[C@@H](OC[C@](C)(N)C(C)C)[C@H](n4ncnc4-n4cncn4)C5)C3=CC[C@@]2(C)[C@@H]1C(=O)O. The Balaban J connectivity index is 1.35. The Hall–Kier alpha value is -2.63. The van der Waals surface area contributed by atoms with Crippen LogP contribution in [0.4, 0.5) is 0 Å². The van der Waals surface area contributed by atoms with Crippen LogP contribution in [-0.4, -0.2) is 72.1 Å². The lowest BCUT2D eigenvalue weighted by Crippen LogP contribution is -2.69. The van der Waals surface area contributed by atoms with Gasteiger partial charge in [0.05, 0.1) is 37.9 Å². The van der Waals surface area contributed by atoms with E-state index in [0.717, 1.165) is 38.5 Å². The molecular formula is C40H63N7O4. The first-order valence-electron chi connectivity index (χ1n) is 19.5. The lowest BCUT2D eigenvalue weighted by atomic mass is 9.34. The van der Waals surface area contributed by atoms with Crippen LogP contribution in [0.2, 0.25) is 0 Å². The van der Waals surface area contributed by atoms with Crippen molar-refractivity contribution in [2.75, 3.05) is 19.8 Å². The second kappa shape index (κ2) is 12.2. The molecule has 2 aromatic heterocycles. The smallest absolute Gasteiger partial charge is 0.307 e. The summed E-state index contributed by atoms with van der Waals surface area (Å²) in [7, 11) is 0. The summed E-state index contributed by atoms with van der Waals surface area (Å²) in [6.07, 6.45) is 12.7. The normalized spacial score (nSPS) is 42.4. The largest absolute Gasteiger partial charge is 0.481 e. The van der Waals surface area contributed by atoms with Crippen molar-refractivity contribution in [3.05, 3.63) is 30.6 Å². The molecule has 3 heterocycles. The number of carboxylic acid groups (broad SMARTS) is 1. The third-order valence-corrected chi connectivity index (χ3v) is 16.5. The number of carbonyl (C=O) groups is 1. The number of hydrogen-bond acceptors (Lipinski definition) is 8. The molecule has 4 fully saturated rings. The van der Waals surface area contributed by atoms with Crippen LogP contribution in [0.25, 0.3) is 5.95 Å². The van der Waals surface area contributed by atoms with Crippen molar-refractivity contribution in [2.45, 2.75) is 125 Å². The first kappa shape index (κ1) is 36.7. The molecule has 5 aliphatic rings. The summed E-state index contributed by atoms with van der Waals surface area (Å²) in [6, 6.07) is -0.158. The van der Waals surface area contributed by atoms with Crippen LogP contribution in [0.15, 0.2) is 30.6 Å².